The van der Waals surface area contributed by atoms with Gasteiger partial charge in [-0.25, -0.2) is 0 Å². The molecule has 0 radical (unpaired) electrons. The van der Waals surface area contributed by atoms with Gasteiger partial charge in [-0.3, -0.25) is 50.6 Å². The molecule has 0 aliphatic rings. The fraction of sp³-hybridized carbons (Fsp3) is 0.174. The maximum absolute atomic E-state index is 10.7. The number of nitrogens with zero attached hydrogens (tertiary/aromatic N) is 5. The van der Waals surface area contributed by atoms with E-state index in [1.165, 1.54) is 65.2 Å². The zero-order valence-electron chi connectivity index (χ0n) is 65.2. The number of rotatable bonds is 21. The molecule has 0 saturated heterocycles. The number of allylic oxidation sites excluding steroid dienone is 14. The highest BCUT2D eigenvalue weighted by molar-refractivity contribution is 6.83. The Labute approximate surface area is 657 Å². The first-order valence-electron chi connectivity index (χ1n) is 34.5. The van der Waals surface area contributed by atoms with Crippen LogP contribution in [0.5, 0.6) is 0 Å². The van der Waals surface area contributed by atoms with Crippen molar-refractivity contribution in [2.75, 3.05) is 12.3 Å². The lowest BCUT2D eigenvalue weighted by atomic mass is 10.0. The molecule has 0 amide bonds. The van der Waals surface area contributed by atoms with E-state index in [0.717, 1.165) is 87.9 Å². The Morgan fingerprint density at radius 2 is 0.856 bits per heavy atom. The lowest BCUT2D eigenvalue weighted by Crippen LogP contribution is -2.15. The van der Waals surface area contributed by atoms with Crippen LogP contribution in [0.4, 0.5) is 34.1 Å². The molecular formula is C92H102N8O10Si. The average molecular weight is 1510 g/mol. The van der Waals surface area contributed by atoms with E-state index in [-0.39, 0.29) is 28.4 Å². The topological polar surface area (TPSA) is 294 Å². The van der Waals surface area contributed by atoms with Crippen LogP contribution in [0.2, 0.25) is 19.6 Å². The maximum atomic E-state index is 10.7. The van der Waals surface area contributed by atoms with Gasteiger partial charge in [-0.2, -0.15) is 0 Å². The van der Waals surface area contributed by atoms with Gasteiger partial charge in [-0.1, -0.05) is 248 Å². The van der Waals surface area contributed by atoms with Crippen LogP contribution in [-0.2, 0) is 13.0 Å². The SMILES string of the molecule is C#CC(=C)C=C(C=C)CN.C#C[Si](C)(C)C.C#Cc1cccc([N+](=O)[O-])c1.C=CC(=CC(=C)C)CC.C=CC(=CC(=C)CC)CCc1cccc(N)c1.C=CC(C#Cc1cccc([N+](=O)[O-])c1)=CC(=C)CC.Cc1cccc([N+](=O)[O-])c1.Cc1cccc([N+](=O)[O-])c1.NCc1cccc(C#Cc2cccc([N+](=O)[O-])c2)c1. The number of benzene rings is 7. The molecular weight excluding hydrogens is 1410 g/mol. The minimum atomic E-state index is -1.10. The van der Waals surface area contributed by atoms with Crippen molar-refractivity contribution < 1.29 is 24.6 Å². The van der Waals surface area contributed by atoms with E-state index in [1.54, 1.807) is 78.9 Å². The number of hydrogen-bond donors (Lipinski definition) is 3. The van der Waals surface area contributed by atoms with E-state index in [4.69, 9.17) is 36.5 Å². The van der Waals surface area contributed by atoms with E-state index in [2.05, 4.69) is 139 Å². The van der Waals surface area contributed by atoms with Crippen LogP contribution >= 0.6 is 0 Å². The van der Waals surface area contributed by atoms with Crippen molar-refractivity contribution in [3.8, 4) is 60.3 Å². The summed E-state index contributed by atoms with van der Waals surface area (Å²) in [5.74, 6) is 16.4. The number of nitrogen functional groups attached to an aromatic ring is 1. The summed E-state index contributed by atoms with van der Waals surface area (Å²) in [6, 6.07) is 47.1. The van der Waals surface area contributed by atoms with E-state index in [9.17, 15) is 50.6 Å². The molecule has 0 atom stereocenters. The summed E-state index contributed by atoms with van der Waals surface area (Å²) in [5, 5.41) is 51.8. The second-order valence-electron chi connectivity index (χ2n) is 24.5. The van der Waals surface area contributed by atoms with Crippen molar-refractivity contribution >= 4 is 42.2 Å². The highest BCUT2D eigenvalue weighted by Gasteiger charge is 2.08. The Morgan fingerprint density at radius 1 is 0.468 bits per heavy atom. The third-order valence-corrected chi connectivity index (χ3v) is 14.9. The third kappa shape index (κ3) is 48.8. The largest absolute Gasteiger partial charge is 0.399 e. The van der Waals surface area contributed by atoms with Gasteiger partial charge in [0.25, 0.3) is 28.4 Å². The number of aryl methyl sites for hydroxylation is 3. The van der Waals surface area contributed by atoms with E-state index in [0.29, 0.717) is 35.4 Å². The van der Waals surface area contributed by atoms with Crippen LogP contribution in [0.15, 0.2) is 316 Å². The number of hydrogen-bond acceptors (Lipinski definition) is 13. The molecule has 0 fully saturated rings. The Balaban J connectivity index is 0. The lowest BCUT2D eigenvalue weighted by molar-refractivity contribution is -0.385. The van der Waals surface area contributed by atoms with E-state index >= 15 is 0 Å². The number of nitro groups is 5. The van der Waals surface area contributed by atoms with E-state index in [1.807, 2.05) is 107 Å². The molecule has 111 heavy (non-hydrogen) atoms. The van der Waals surface area contributed by atoms with Gasteiger partial charge in [0.1, 0.15) is 8.07 Å². The first kappa shape index (κ1) is 99.2. The van der Waals surface area contributed by atoms with Gasteiger partial charge in [0.15, 0.2) is 0 Å². The molecule has 0 spiro atoms. The maximum Gasteiger partial charge on any atom is 0.270 e. The minimum Gasteiger partial charge on any atom is -0.399 e. The number of terminal acetylenes is 3. The predicted molar refractivity (Wildman–Crippen MR) is 466 cm³/mol. The van der Waals surface area contributed by atoms with Crippen LogP contribution in [0.25, 0.3) is 0 Å². The summed E-state index contributed by atoms with van der Waals surface area (Å²) < 4.78 is 0. The highest BCUT2D eigenvalue weighted by atomic mass is 28.3. The molecule has 7 rings (SSSR count). The van der Waals surface area contributed by atoms with Crippen LogP contribution in [0.3, 0.4) is 0 Å². The van der Waals surface area contributed by atoms with Gasteiger partial charge in [0.2, 0.25) is 0 Å². The molecule has 0 saturated carbocycles. The van der Waals surface area contributed by atoms with Crippen molar-refractivity contribution in [2.45, 2.75) is 99.8 Å². The molecule has 7 aromatic carbocycles. The van der Waals surface area contributed by atoms with Crippen LogP contribution in [-0.4, -0.2) is 39.2 Å². The summed E-state index contributed by atoms with van der Waals surface area (Å²) in [5.41, 5.74) is 35.3. The predicted octanol–water partition coefficient (Wildman–Crippen LogP) is 22.0. The molecule has 0 unspecified atom stereocenters. The fourth-order valence-electron chi connectivity index (χ4n) is 7.84. The molecule has 19 heteroatoms. The zero-order chi connectivity index (χ0) is 84.4. The molecule has 7 aromatic rings. The second kappa shape index (κ2) is 57.4. The van der Waals surface area contributed by atoms with Crippen molar-refractivity contribution in [3.05, 3.63) is 411 Å². The summed E-state index contributed by atoms with van der Waals surface area (Å²) in [6.45, 7) is 49.2. The number of non-ortho nitro benzene ring substituents is 5. The van der Waals surface area contributed by atoms with Crippen molar-refractivity contribution in [1.29, 1.82) is 0 Å². The van der Waals surface area contributed by atoms with Crippen molar-refractivity contribution in [3.63, 3.8) is 0 Å². The lowest BCUT2D eigenvalue weighted by Gasteiger charge is -2.05. The van der Waals surface area contributed by atoms with Crippen LogP contribution < -0.4 is 17.2 Å². The molecule has 574 valence electrons. The zero-order valence-corrected chi connectivity index (χ0v) is 66.2. The Hall–Kier alpha value is -13.8. The van der Waals surface area contributed by atoms with Gasteiger partial charge in [-0.05, 0) is 146 Å². The average Bonchev–Trinajstić information content (AvgIpc) is 0.882. The molecule has 0 aliphatic heterocycles. The number of anilines is 1. The third-order valence-electron chi connectivity index (χ3n) is 14.0. The van der Waals surface area contributed by atoms with Crippen LogP contribution in [0.1, 0.15) is 97.9 Å². The summed E-state index contributed by atoms with van der Waals surface area (Å²) in [4.78, 5) is 49.7. The Kier molecular flexibility index (Phi) is 51.3. The summed E-state index contributed by atoms with van der Waals surface area (Å²) in [7, 11) is -1.10. The first-order chi connectivity index (χ1) is 52.5. The Morgan fingerprint density at radius 3 is 1.20 bits per heavy atom. The van der Waals surface area contributed by atoms with Gasteiger partial charge in [0.05, 0.1) is 24.6 Å². The first-order valence-corrected chi connectivity index (χ1v) is 38.0. The Bertz CT molecular complexity index is 4720. The quantitative estimate of drug-likeness (QED) is 0.0151. The molecule has 18 nitrogen and oxygen atoms in total. The van der Waals surface area contributed by atoms with Crippen molar-refractivity contribution in [1.82, 2.24) is 0 Å². The van der Waals surface area contributed by atoms with Gasteiger partial charge in [0, 0.05) is 113 Å². The molecule has 0 bridgehead atoms. The van der Waals surface area contributed by atoms with Gasteiger partial charge in [-0.15, -0.1) is 24.8 Å². The highest BCUT2D eigenvalue weighted by Crippen LogP contribution is 2.19. The molecule has 6 N–H and O–H groups in total. The number of nitro benzene ring substituents is 5. The van der Waals surface area contributed by atoms with Gasteiger partial charge < -0.3 is 17.2 Å². The standard InChI is InChI=1S/C16H15NO2.C16H21N.C15H12N2O2.C9H11N.C9H14.C8H5NO2.2C7H7NO2.C5H10Si/c1-4-13(3)11-14(5-2)9-10-15-7-6-8-16(12-15)17(18)19;1-4-13(3)11-14(5-2)9-10-15-7-6-8-16(17)12-15;16-11-14-5-1-3-12(9-14)7-8-13-4-2-6-15(10-13)17(18)19;1-4-8(3)6-9(5-2)7-10;1-5-9(6-2)7-8(3)4;1-2-7-4-3-5-8(6-7)9(10)11;2*1-6-3-2-4-7(5-6)8(9)10;1-5-6(2,3)4/h5-8,11-12H,2-4H2,1H3;5-8,11-12H,2-4,9-10,17H2,1H3;1-6,9-10H,11,16H2;1,5-6H,2-3,7,10H2;5,7H,1,3,6H2,2,4H3;1,3-6H;2*2-5H,1H3;1H,2-4H3. The van der Waals surface area contributed by atoms with Gasteiger partial charge >= 0.3 is 0 Å². The smallest absolute Gasteiger partial charge is 0.270 e. The normalized spacial score (nSPS) is 10.0. The number of nitrogens with two attached hydrogens (primary N) is 3. The minimum absolute atomic E-state index is 0.0282. The molecule has 0 aromatic heterocycles. The summed E-state index contributed by atoms with van der Waals surface area (Å²) >= 11 is 0. The monoisotopic (exact) mass is 1510 g/mol. The fourth-order valence-corrected chi connectivity index (χ4v) is 7.84. The van der Waals surface area contributed by atoms with E-state index < -0.39 is 32.7 Å². The molecule has 0 heterocycles. The van der Waals surface area contributed by atoms with Crippen molar-refractivity contribution in [2.24, 2.45) is 11.5 Å². The summed E-state index contributed by atoms with van der Waals surface area (Å²) in [6.07, 6.45) is 34.9. The molecule has 0 aliphatic carbocycles. The van der Waals surface area contributed by atoms with Crippen LogP contribution in [0, 0.1) is 125 Å². The second-order valence-corrected chi connectivity index (χ2v) is 29.3.